The molecule has 0 bridgehead atoms. The van der Waals surface area contributed by atoms with E-state index in [9.17, 15) is 0 Å². The van der Waals surface area contributed by atoms with Crippen molar-refractivity contribution in [3.63, 3.8) is 0 Å². The fraction of sp³-hybridized carbons (Fsp3) is 0.652. The molecule has 9 heteroatoms. The van der Waals surface area contributed by atoms with Crippen molar-refractivity contribution in [2.24, 2.45) is 5.92 Å². The maximum absolute atomic E-state index is 6.29. The Bertz CT molecular complexity index is 817. The molecule has 0 spiro atoms. The Morgan fingerprint density at radius 3 is 2.56 bits per heavy atom. The number of anilines is 3. The molecule has 3 N–H and O–H groups in total. The van der Waals surface area contributed by atoms with Gasteiger partial charge in [0.15, 0.2) is 5.82 Å². The highest BCUT2D eigenvalue weighted by molar-refractivity contribution is 5.64. The highest BCUT2D eigenvalue weighted by atomic mass is 16.5. The summed E-state index contributed by atoms with van der Waals surface area (Å²) in [5.41, 5.74) is 8.48. The number of hydrogen-bond donors (Lipinski definition) is 2. The van der Waals surface area contributed by atoms with Crippen LogP contribution >= 0.6 is 0 Å². The number of nitrogens with one attached hydrogen (secondary N) is 1. The van der Waals surface area contributed by atoms with Gasteiger partial charge in [-0.05, 0) is 19.5 Å². The molecule has 2 aliphatic heterocycles. The molecule has 3 atom stereocenters. The van der Waals surface area contributed by atoms with Gasteiger partial charge in [0.05, 0.1) is 37.2 Å². The molecule has 1 aliphatic carbocycles. The third kappa shape index (κ3) is 5.33. The molecule has 2 fully saturated rings. The third-order valence-electron chi connectivity index (χ3n) is 6.62. The second-order valence-electron chi connectivity index (χ2n) is 8.85. The molecule has 9 nitrogen and oxygen atoms in total. The van der Waals surface area contributed by atoms with Crippen LogP contribution in [0.15, 0.2) is 30.1 Å². The maximum Gasteiger partial charge on any atom is 0.225 e. The van der Waals surface area contributed by atoms with Gasteiger partial charge in [-0.3, -0.25) is 0 Å². The zero-order chi connectivity index (χ0) is 22.5. The lowest BCUT2D eigenvalue weighted by Crippen LogP contribution is -2.45. The summed E-state index contributed by atoms with van der Waals surface area (Å²) in [7, 11) is 3.95. The van der Waals surface area contributed by atoms with Crippen molar-refractivity contribution < 1.29 is 9.47 Å². The summed E-state index contributed by atoms with van der Waals surface area (Å²) in [6.45, 7) is 9.50. The van der Waals surface area contributed by atoms with Crippen LogP contribution in [0, 0.1) is 5.92 Å². The lowest BCUT2D eigenvalue weighted by atomic mass is 9.95. The molecule has 3 aliphatic rings. The van der Waals surface area contributed by atoms with E-state index in [1.807, 2.05) is 6.20 Å². The first-order valence-electron chi connectivity index (χ1n) is 11.6. The second-order valence-corrected chi connectivity index (χ2v) is 8.85. The van der Waals surface area contributed by atoms with Gasteiger partial charge >= 0.3 is 0 Å². The minimum Gasteiger partial charge on any atom is -0.382 e. The van der Waals surface area contributed by atoms with Gasteiger partial charge in [0.2, 0.25) is 5.95 Å². The Hall–Kier alpha value is -2.36. The molecule has 4 rings (SSSR count). The molecule has 3 heterocycles. The van der Waals surface area contributed by atoms with Crippen molar-refractivity contribution in [3.05, 3.63) is 30.1 Å². The molecule has 176 valence electrons. The number of nitrogens with two attached hydrogens (primary N) is 1. The topological polar surface area (TPSA) is 92.0 Å². The van der Waals surface area contributed by atoms with E-state index in [2.05, 4.69) is 62.2 Å². The Labute approximate surface area is 191 Å². The van der Waals surface area contributed by atoms with Crippen molar-refractivity contribution in [3.8, 4) is 0 Å². The van der Waals surface area contributed by atoms with Gasteiger partial charge in [-0.1, -0.05) is 19.1 Å². The molecule has 0 aromatic carbocycles. The number of ether oxygens (including phenoxy) is 2. The van der Waals surface area contributed by atoms with Gasteiger partial charge in [-0.2, -0.15) is 4.98 Å². The fourth-order valence-corrected chi connectivity index (χ4v) is 4.60. The maximum atomic E-state index is 6.29. The molecule has 2 unspecified atom stereocenters. The van der Waals surface area contributed by atoms with E-state index >= 15 is 0 Å². The first-order chi connectivity index (χ1) is 15.5. The molecule has 0 radical (unpaired) electrons. The number of allylic oxidation sites excluding steroid dienone is 1. The number of hydrogen-bond acceptors (Lipinski definition) is 9. The standard InChI is InChI=1S/C23H37N7O2/c1-17-5-4-6-18(21(31-3)15-19(17)29-9-7-28(2)8-10-29)26-23-25-16-20(22(24)27-23)30-11-13-32-14-12-30/h4-5,15-18,21H,6-14H2,1-3H3,(H3,24,25,26,27)/b5-4-,19-15+/t17-,18?,21?/m0/s1. The average molecular weight is 444 g/mol. The number of nitrogen functional groups attached to an aromatic ring is 1. The van der Waals surface area contributed by atoms with Crippen LogP contribution in [0.1, 0.15) is 13.3 Å². The summed E-state index contributed by atoms with van der Waals surface area (Å²) in [5, 5.41) is 3.47. The summed E-state index contributed by atoms with van der Waals surface area (Å²) in [6.07, 6.45) is 9.35. The van der Waals surface area contributed by atoms with Crippen molar-refractivity contribution in [2.45, 2.75) is 25.5 Å². The van der Waals surface area contributed by atoms with E-state index in [4.69, 9.17) is 15.2 Å². The number of morpholine rings is 1. The summed E-state index contributed by atoms with van der Waals surface area (Å²) in [6, 6.07) is 0.0138. The van der Waals surface area contributed by atoms with Gasteiger partial charge < -0.3 is 35.2 Å². The molecule has 2 saturated heterocycles. The van der Waals surface area contributed by atoms with Crippen molar-refractivity contribution >= 4 is 17.5 Å². The summed E-state index contributed by atoms with van der Waals surface area (Å²) in [4.78, 5) is 16.2. The van der Waals surface area contributed by atoms with Crippen molar-refractivity contribution in [1.29, 1.82) is 0 Å². The van der Waals surface area contributed by atoms with Crippen molar-refractivity contribution in [2.75, 3.05) is 82.6 Å². The summed E-state index contributed by atoms with van der Waals surface area (Å²) < 4.78 is 11.4. The number of rotatable bonds is 5. The Morgan fingerprint density at radius 1 is 1.12 bits per heavy atom. The Kier molecular flexibility index (Phi) is 7.49. The van der Waals surface area contributed by atoms with Crippen molar-refractivity contribution in [1.82, 2.24) is 19.8 Å². The Morgan fingerprint density at radius 2 is 1.88 bits per heavy atom. The normalized spacial score (nSPS) is 30.2. The molecule has 32 heavy (non-hydrogen) atoms. The zero-order valence-corrected chi connectivity index (χ0v) is 19.5. The molecule has 0 saturated carbocycles. The molecular weight excluding hydrogens is 406 g/mol. The smallest absolute Gasteiger partial charge is 0.225 e. The number of methoxy groups -OCH3 is 1. The Balaban J connectivity index is 1.50. The first-order valence-corrected chi connectivity index (χ1v) is 11.6. The van der Waals surface area contributed by atoms with E-state index in [1.54, 1.807) is 7.11 Å². The quantitative estimate of drug-likeness (QED) is 0.656. The summed E-state index contributed by atoms with van der Waals surface area (Å²) in [5.74, 6) is 1.38. The second kappa shape index (κ2) is 10.5. The molecular formula is C23H37N7O2. The average Bonchev–Trinajstić information content (AvgIpc) is 2.80. The number of aromatic nitrogens is 2. The molecule has 0 amide bonds. The highest BCUT2D eigenvalue weighted by Crippen LogP contribution is 2.27. The predicted octanol–water partition coefficient (Wildman–Crippen LogP) is 1.42. The van der Waals surface area contributed by atoms with Crippen LogP contribution in [0.3, 0.4) is 0 Å². The van der Waals surface area contributed by atoms with E-state index in [1.165, 1.54) is 5.70 Å². The van der Waals surface area contributed by atoms with Crippen LogP contribution in [-0.4, -0.2) is 98.6 Å². The molecule has 1 aromatic rings. The van der Waals surface area contributed by atoms with E-state index in [-0.39, 0.29) is 12.1 Å². The first kappa shape index (κ1) is 22.8. The number of nitrogens with zero attached hydrogens (tertiary/aromatic N) is 5. The SMILES string of the molecule is COC1/C=C(/N2CCN(C)CC2)[C@@H](C)/C=C\CC1Nc1ncc(N2CCOCC2)c(N)n1. The van der Waals surface area contributed by atoms with Crippen LogP contribution in [-0.2, 0) is 9.47 Å². The number of likely N-dealkylation sites (N-methyl/N-ethyl adjacent to an activating group) is 1. The third-order valence-corrected chi connectivity index (χ3v) is 6.62. The van der Waals surface area contributed by atoms with Crippen LogP contribution in [0.4, 0.5) is 17.5 Å². The number of piperazine rings is 1. The monoisotopic (exact) mass is 443 g/mol. The van der Waals surface area contributed by atoms with E-state index < -0.39 is 0 Å². The van der Waals surface area contributed by atoms with Crippen LogP contribution < -0.4 is 16.0 Å². The zero-order valence-electron chi connectivity index (χ0n) is 19.5. The minimum absolute atomic E-state index is 0.0138. The van der Waals surface area contributed by atoms with Gasteiger partial charge in [0.1, 0.15) is 0 Å². The van der Waals surface area contributed by atoms with Gasteiger partial charge in [-0.25, -0.2) is 4.98 Å². The van der Waals surface area contributed by atoms with Crippen LogP contribution in [0.25, 0.3) is 0 Å². The summed E-state index contributed by atoms with van der Waals surface area (Å²) >= 11 is 0. The van der Waals surface area contributed by atoms with Gasteiger partial charge in [0.25, 0.3) is 0 Å². The highest BCUT2D eigenvalue weighted by Gasteiger charge is 2.27. The van der Waals surface area contributed by atoms with E-state index in [0.717, 1.165) is 51.4 Å². The van der Waals surface area contributed by atoms with Gasteiger partial charge in [-0.15, -0.1) is 0 Å². The largest absolute Gasteiger partial charge is 0.382 e. The fourth-order valence-electron chi connectivity index (χ4n) is 4.60. The van der Waals surface area contributed by atoms with E-state index in [0.29, 0.717) is 30.9 Å². The lowest BCUT2D eigenvalue weighted by molar-refractivity contribution is 0.117. The van der Waals surface area contributed by atoms with Gasteiger partial charge in [0, 0.05) is 58.0 Å². The minimum atomic E-state index is -0.0965. The predicted molar refractivity (Wildman–Crippen MR) is 128 cm³/mol. The van der Waals surface area contributed by atoms with Crippen LogP contribution in [0.5, 0.6) is 0 Å². The molecule has 1 aromatic heterocycles. The lowest BCUT2D eigenvalue weighted by Gasteiger charge is -2.39. The van der Waals surface area contributed by atoms with Crippen LogP contribution in [0.2, 0.25) is 0 Å².